The third kappa shape index (κ3) is 5.33. The maximum absolute atomic E-state index is 13.1. The fourth-order valence-corrected chi connectivity index (χ4v) is 1.30. The number of carbonyl (C=O) groups excluding carboxylic acids is 1. The number of hydrogen-bond donors (Lipinski definition) is 2. The van der Waals surface area contributed by atoms with Gasteiger partial charge in [-0.1, -0.05) is 0 Å². The molecule has 3 N–H and O–H groups in total. The molecule has 1 rings (SSSR count). The van der Waals surface area contributed by atoms with Gasteiger partial charge in [-0.2, -0.15) is 0 Å². The third-order valence-corrected chi connectivity index (χ3v) is 1.95. The second-order valence-electron chi connectivity index (χ2n) is 3.89. The van der Waals surface area contributed by atoms with Crippen molar-refractivity contribution in [2.24, 2.45) is 5.73 Å². The number of nitrogens with two attached hydrogens (primary N) is 1. The van der Waals surface area contributed by atoms with Crippen molar-refractivity contribution in [3.8, 4) is 5.75 Å². The molecule has 0 aromatic heterocycles. The number of benzene rings is 1. The van der Waals surface area contributed by atoms with E-state index in [4.69, 9.17) is 10.5 Å². The second kappa shape index (κ2) is 7.89. The van der Waals surface area contributed by atoms with Crippen LogP contribution >= 0.6 is 12.4 Å². The lowest BCUT2D eigenvalue weighted by atomic mass is 10.2. The van der Waals surface area contributed by atoms with Crippen LogP contribution in [-0.2, 0) is 4.79 Å². The summed E-state index contributed by atoms with van der Waals surface area (Å²) >= 11 is 0. The van der Waals surface area contributed by atoms with Gasteiger partial charge >= 0.3 is 0 Å². The summed E-state index contributed by atoms with van der Waals surface area (Å²) in [5, 5.41) is 2.57. The molecule has 1 aromatic carbocycles. The van der Waals surface area contributed by atoms with E-state index in [0.29, 0.717) is 11.4 Å². The summed E-state index contributed by atoms with van der Waals surface area (Å²) in [7, 11) is 0. The molecule has 0 fully saturated rings. The van der Waals surface area contributed by atoms with Crippen LogP contribution in [0.1, 0.15) is 20.3 Å². The van der Waals surface area contributed by atoms with Gasteiger partial charge in [0.15, 0.2) is 0 Å². The highest BCUT2D eigenvalue weighted by atomic mass is 35.5. The van der Waals surface area contributed by atoms with Gasteiger partial charge in [0.2, 0.25) is 5.91 Å². The van der Waals surface area contributed by atoms with E-state index in [9.17, 15) is 9.18 Å². The SMILES string of the molecule is CC(C)Oc1ccc(F)cc1NC(=O)CCN.Cl. The lowest BCUT2D eigenvalue weighted by molar-refractivity contribution is -0.116. The molecule has 0 aliphatic heterocycles. The van der Waals surface area contributed by atoms with Crippen molar-refractivity contribution in [1.82, 2.24) is 0 Å². The highest BCUT2D eigenvalue weighted by Crippen LogP contribution is 2.26. The Kier molecular flexibility index (Phi) is 7.31. The lowest BCUT2D eigenvalue weighted by Gasteiger charge is -2.14. The molecule has 1 aromatic rings. The van der Waals surface area contributed by atoms with Gasteiger partial charge in [0.1, 0.15) is 11.6 Å². The summed E-state index contributed by atoms with van der Waals surface area (Å²) in [5.74, 6) is -0.234. The molecule has 0 unspecified atom stereocenters. The normalized spacial score (nSPS) is 9.83. The van der Waals surface area contributed by atoms with Gasteiger partial charge in [-0.15, -0.1) is 12.4 Å². The molecule has 0 spiro atoms. The molecular formula is C12H18ClFN2O2. The number of halogens is 2. The summed E-state index contributed by atoms with van der Waals surface area (Å²) < 4.78 is 18.6. The molecule has 0 heterocycles. The smallest absolute Gasteiger partial charge is 0.225 e. The molecule has 18 heavy (non-hydrogen) atoms. The quantitative estimate of drug-likeness (QED) is 0.867. The van der Waals surface area contributed by atoms with Crippen LogP contribution < -0.4 is 15.8 Å². The summed E-state index contributed by atoms with van der Waals surface area (Å²) in [5.41, 5.74) is 5.60. The molecule has 0 saturated carbocycles. The molecular weight excluding hydrogens is 259 g/mol. The number of anilines is 1. The van der Waals surface area contributed by atoms with E-state index in [1.54, 1.807) is 0 Å². The average molecular weight is 277 g/mol. The van der Waals surface area contributed by atoms with Crippen molar-refractivity contribution in [3.05, 3.63) is 24.0 Å². The van der Waals surface area contributed by atoms with Crippen LogP contribution in [0.4, 0.5) is 10.1 Å². The van der Waals surface area contributed by atoms with Gasteiger partial charge in [0, 0.05) is 19.0 Å². The Morgan fingerprint density at radius 1 is 1.50 bits per heavy atom. The van der Waals surface area contributed by atoms with Crippen molar-refractivity contribution >= 4 is 24.0 Å². The first-order chi connectivity index (χ1) is 8.02. The van der Waals surface area contributed by atoms with Crippen LogP contribution in [0, 0.1) is 5.82 Å². The maximum atomic E-state index is 13.1. The minimum absolute atomic E-state index is 0. The van der Waals surface area contributed by atoms with Crippen molar-refractivity contribution < 1.29 is 13.9 Å². The van der Waals surface area contributed by atoms with E-state index in [1.807, 2.05) is 13.8 Å². The maximum Gasteiger partial charge on any atom is 0.225 e. The monoisotopic (exact) mass is 276 g/mol. The molecule has 0 saturated heterocycles. The molecule has 0 aliphatic carbocycles. The largest absolute Gasteiger partial charge is 0.489 e. The van der Waals surface area contributed by atoms with Crippen molar-refractivity contribution in [2.75, 3.05) is 11.9 Å². The number of carbonyl (C=O) groups is 1. The van der Waals surface area contributed by atoms with Crippen molar-refractivity contribution in [1.29, 1.82) is 0 Å². The van der Waals surface area contributed by atoms with Gasteiger partial charge in [0.05, 0.1) is 11.8 Å². The van der Waals surface area contributed by atoms with E-state index in [-0.39, 0.29) is 37.4 Å². The van der Waals surface area contributed by atoms with E-state index in [1.165, 1.54) is 18.2 Å². The zero-order valence-corrected chi connectivity index (χ0v) is 11.2. The molecule has 0 bridgehead atoms. The molecule has 0 atom stereocenters. The van der Waals surface area contributed by atoms with E-state index in [0.717, 1.165) is 0 Å². The van der Waals surface area contributed by atoms with Gasteiger partial charge < -0.3 is 15.8 Å². The van der Waals surface area contributed by atoms with E-state index >= 15 is 0 Å². The summed E-state index contributed by atoms with van der Waals surface area (Å²) in [6.07, 6.45) is 0.142. The number of nitrogens with one attached hydrogen (secondary N) is 1. The van der Waals surface area contributed by atoms with Crippen molar-refractivity contribution in [2.45, 2.75) is 26.4 Å². The molecule has 0 radical (unpaired) electrons. The lowest BCUT2D eigenvalue weighted by Crippen LogP contribution is -2.17. The topological polar surface area (TPSA) is 64.3 Å². The summed E-state index contributed by atoms with van der Waals surface area (Å²) in [6, 6.07) is 4.01. The summed E-state index contributed by atoms with van der Waals surface area (Å²) in [6.45, 7) is 3.96. The first-order valence-electron chi connectivity index (χ1n) is 5.49. The van der Waals surface area contributed by atoms with Gasteiger partial charge in [0.25, 0.3) is 0 Å². The first kappa shape index (κ1) is 16.7. The highest BCUT2D eigenvalue weighted by molar-refractivity contribution is 5.92. The average Bonchev–Trinajstić information content (AvgIpc) is 2.22. The Labute approximate surface area is 112 Å². The predicted octanol–water partition coefficient (Wildman–Crippen LogP) is 2.32. The Hall–Kier alpha value is -1.33. The van der Waals surface area contributed by atoms with E-state index < -0.39 is 5.82 Å². The summed E-state index contributed by atoms with van der Waals surface area (Å²) in [4.78, 5) is 11.4. The Morgan fingerprint density at radius 3 is 2.72 bits per heavy atom. The third-order valence-electron chi connectivity index (χ3n) is 1.95. The number of amides is 1. The fourth-order valence-electron chi connectivity index (χ4n) is 1.30. The highest BCUT2D eigenvalue weighted by Gasteiger charge is 2.10. The predicted molar refractivity (Wildman–Crippen MR) is 71.7 cm³/mol. The fraction of sp³-hybridized carbons (Fsp3) is 0.417. The molecule has 102 valence electrons. The van der Waals surface area contributed by atoms with Crippen LogP contribution in [0.2, 0.25) is 0 Å². The molecule has 0 aliphatic rings. The molecule has 1 amide bonds. The van der Waals surface area contributed by atoms with Crippen LogP contribution in [0.3, 0.4) is 0 Å². The second-order valence-corrected chi connectivity index (χ2v) is 3.89. The van der Waals surface area contributed by atoms with Crippen LogP contribution in [0.15, 0.2) is 18.2 Å². The van der Waals surface area contributed by atoms with E-state index in [2.05, 4.69) is 5.32 Å². The Bertz CT molecular complexity index is 400. The van der Waals surface area contributed by atoms with Crippen molar-refractivity contribution in [3.63, 3.8) is 0 Å². The first-order valence-corrected chi connectivity index (χ1v) is 5.49. The molecule has 6 heteroatoms. The minimum Gasteiger partial charge on any atom is -0.489 e. The molecule has 4 nitrogen and oxygen atoms in total. The number of ether oxygens (including phenoxy) is 1. The van der Waals surface area contributed by atoms with Gasteiger partial charge in [-0.3, -0.25) is 4.79 Å². The zero-order valence-electron chi connectivity index (χ0n) is 10.4. The van der Waals surface area contributed by atoms with Crippen LogP contribution in [-0.4, -0.2) is 18.6 Å². The minimum atomic E-state index is -0.427. The zero-order chi connectivity index (χ0) is 12.8. The van der Waals surface area contributed by atoms with Crippen LogP contribution in [0.25, 0.3) is 0 Å². The van der Waals surface area contributed by atoms with Gasteiger partial charge in [-0.25, -0.2) is 4.39 Å². The van der Waals surface area contributed by atoms with Crippen LogP contribution in [0.5, 0.6) is 5.75 Å². The number of rotatable bonds is 5. The number of hydrogen-bond acceptors (Lipinski definition) is 3. The standard InChI is InChI=1S/C12H17FN2O2.ClH/c1-8(2)17-11-4-3-9(13)7-10(11)15-12(16)5-6-14;/h3-4,7-8H,5-6,14H2,1-2H3,(H,15,16);1H. The van der Waals surface area contributed by atoms with Gasteiger partial charge in [-0.05, 0) is 26.0 Å². The Balaban J connectivity index is 0.00000289. The Morgan fingerprint density at radius 2 is 2.17 bits per heavy atom.